The Bertz CT molecular complexity index is 584. The molecule has 0 aromatic heterocycles. The van der Waals surface area contributed by atoms with Gasteiger partial charge in [0.1, 0.15) is 5.82 Å². The molecule has 1 heterocycles. The first-order valence-electron chi connectivity index (χ1n) is 6.83. The van der Waals surface area contributed by atoms with E-state index in [9.17, 15) is 4.39 Å². The molecule has 1 N–H and O–H groups in total. The Morgan fingerprint density at radius 2 is 2.11 bits per heavy atom. The van der Waals surface area contributed by atoms with Gasteiger partial charge in [0.2, 0.25) is 0 Å². The SMILES string of the molecule is Cc1cc(F)cc(Cc2cccc3c2NCCC3)c1. The van der Waals surface area contributed by atoms with E-state index < -0.39 is 0 Å². The number of nitrogens with one attached hydrogen (secondary N) is 1. The first-order chi connectivity index (χ1) is 9.22. The fourth-order valence-electron chi connectivity index (χ4n) is 2.86. The van der Waals surface area contributed by atoms with Crippen LogP contribution in [-0.4, -0.2) is 6.54 Å². The van der Waals surface area contributed by atoms with Gasteiger partial charge in [-0.1, -0.05) is 24.3 Å². The van der Waals surface area contributed by atoms with Crippen molar-refractivity contribution >= 4 is 5.69 Å². The number of fused-ring (bicyclic) bond motifs is 1. The lowest BCUT2D eigenvalue weighted by Gasteiger charge is -2.21. The van der Waals surface area contributed by atoms with Gasteiger partial charge in [0.05, 0.1) is 0 Å². The van der Waals surface area contributed by atoms with E-state index in [1.165, 1.54) is 23.2 Å². The fourth-order valence-corrected chi connectivity index (χ4v) is 2.86. The lowest BCUT2D eigenvalue weighted by atomic mass is 9.95. The highest BCUT2D eigenvalue weighted by Crippen LogP contribution is 2.28. The summed E-state index contributed by atoms with van der Waals surface area (Å²) in [6.07, 6.45) is 3.11. The van der Waals surface area contributed by atoms with Crippen molar-refractivity contribution in [3.8, 4) is 0 Å². The monoisotopic (exact) mass is 255 g/mol. The molecule has 2 aromatic rings. The summed E-state index contributed by atoms with van der Waals surface area (Å²) in [6, 6.07) is 11.7. The maximum atomic E-state index is 13.5. The molecule has 1 nitrogen and oxygen atoms in total. The number of halogens is 1. The molecule has 0 atom stereocenters. The number of aryl methyl sites for hydroxylation is 2. The summed E-state index contributed by atoms with van der Waals surface area (Å²) in [6.45, 7) is 2.97. The van der Waals surface area contributed by atoms with Gasteiger partial charge >= 0.3 is 0 Å². The van der Waals surface area contributed by atoms with E-state index in [1.807, 2.05) is 6.92 Å². The van der Waals surface area contributed by atoms with Gasteiger partial charge in [-0.25, -0.2) is 4.39 Å². The molecule has 0 radical (unpaired) electrons. The van der Waals surface area contributed by atoms with Gasteiger partial charge in [-0.15, -0.1) is 0 Å². The van der Waals surface area contributed by atoms with Crippen molar-refractivity contribution in [1.82, 2.24) is 0 Å². The van der Waals surface area contributed by atoms with E-state index >= 15 is 0 Å². The summed E-state index contributed by atoms with van der Waals surface area (Å²) in [5.41, 5.74) is 5.93. The molecule has 0 saturated heterocycles. The molecule has 0 bridgehead atoms. The van der Waals surface area contributed by atoms with Crippen LogP contribution in [0.1, 0.15) is 28.7 Å². The minimum absolute atomic E-state index is 0.146. The van der Waals surface area contributed by atoms with Crippen LogP contribution in [0, 0.1) is 12.7 Å². The average molecular weight is 255 g/mol. The molecule has 98 valence electrons. The van der Waals surface area contributed by atoms with Crippen molar-refractivity contribution in [1.29, 1.82) is 0 Å². The highest BCUT2D eigenvalue weighted by molar-refractivity contribution is 5.60. The van der Waals surface area contributed by atoms with Gasteiger partial charge < -0.3 is 5.32 Å². The number of para-hydroxylation sites is 1. The number of rotatable bonds is 2. The average Bonchev–Trinajstić information content (AvgIpc) is 2.38. The van der Waals surface area contributed by atoms with Gasteiger partial charge in [0.15, 0.2) is 0 Å². The van der Waals surface area contributed by atoms with E-state index in [1.54, 1.807) is 12.1 Å². The third-order valence-corrected chi connectivity index (χ3v) is 3.66. The van der Waals surface area contributed by atoms with Gasteiger partial charge in [0.25, 0.3) is 0 Å². The van der Waals surface area contributed by atoms with E-state index in [4.69, 9.17) is 0 Å². The molecular formula is C17H18FN. The van der Waals surface area contributed by atoms with Crippen LogP contribution in [0.25, 0.3) is 0 Å². The molecule has 3 rings (SSSR count). The topological polar surface area (TPSA) is 12.0 Å². The van der Waals surface area contributed by atoms with Crippen LogP contribution in [0.3, 0.4) is 0 Å². The van der Waals surface area contributed by atoms with Crippen molar-refractivity contribution < 1.29 is 4.39 Å². The Kier molecular flexibility index (Phi) is 3.24. The van der Waals surface area contributed by atoms with Crippen molar-refractivity contribution in [3.63, 3.8) is 0 Å². The van der Waals surface area contributed by atoms with Crippen LogP contribution in [0.4, 0.5) is 10.1 Å². The molecule has 0 unspecified atom stereocenters. The van der Waals surface area contributed by atoms with Crippen molar-refractivity contribution in [2.75, 3.05) is 11.9 Å². The third kappa shape index (κ3) is 2.62. The summed E-state index contributed by atoms with van der Waals surface area (Å²) >= 11 is 0. The van der Waals surface area contributed by atoms with Gasteiger partial charge in [0, 0.05) is 12.2 Å². The summed E-state index contributed by atoms with van der Waals surface area (Å²) < 4.78 is 13.5. The normalized spacial score (nSPS) is 13.8. The lowest BCUT2D eigenvalue weighted by molar-refractivity contribution is 0.624. The largest absolute Gasteiger partial charge is 0.385 e. The van der Waals surface area contributed by atoms with E-state index in [-0.39, 0.29) is 5.82 Å². The zero-order chi connectivity index (χ0) is 13.2. The van der Waals surface area contributed by atoms with Crippen LogP contribution < -0.4 is 5.32 Å². The maximum absolute atomic E-state index is 13.5. The van der Waals surface area contributed by atoms with Crippen LogP contribution in [0.5, 0.6) is 0 Å². The van der Waals surface area contributed by atoms with Crippen LogP contribution >= 0.6 is 0 Å². The fraction of sp³-hybridized carbons (Fsp3) is 0.294. The third-order valence-electron chi connectivity index (χ3n) is 3.66. The van der Waals surface area contributed by atoms with Crippen LogP contribution in [0.15, 0.2) is 36.4 Å². The summed E-state index contributed by atoms with van der Waals surface area (Å²) in [5.74, 6) is -0.146. The van der Waals surface area contributed by atoms with Crippen molar-refractivity contribution in [2.45, 2.75) is 26.2 Å². The highest BCUT2D eigenvalue weighted by atomic mass is 19.1. The Hall–Kier alpha value is -1.83. The molecule has 1 aliphatic rings. The van der Waals surface area contributed by atoms with E-state index in [2.05, 4.69) is 29.6 Å². The summed E-state index contributed by atoms with van der Waals surface area (Å²) in [7, 11) is 0. The molecule has 0 saturated carbocycles. The molecule has 0 spiro atoms. The molecule has 0 fully saturated rings. The predicted molar refractivity (Wildman–Crippen MR) is 77.2 cm³/mol. The number of anilines is 1. The Balaban J connectivity index is 1.95. The first-order valence-corrected chi connectivity index (χ1v) is 6.83. The second-order valence-corrected chi connectivity index (χ2v) is 5.30. The number of benzene rings is 2. The summed E-state index contributed by atoms with van der Waals surface area (Å²) in [4.78, 5) is 0. The Morgan fingerprint density at radius 1 is 1.21 bits per heavy atom. The minimum Gasteiger partial charge on any atom is -0.385 e. The van der Waals surface area contributed by atoms with E-state index in [0.29, 0.717) is 0 Å². The standard InChI is InChI=1S/C17H18FN/c1-12-8-13(11-16(18)9-12)10-15-5-2-4-14-6-3-7-19-17(14)15/h2,4-5,8-9,11,19H,3,6-7,10H2,1H3. The van der Waals surface area contributed by atoms with Gasteiger partial charge in [-0.3, -0.25) is 0 Å². The minimum atomic E-state index is -0.146. The zero-order valence-corrected chi connectivity index (χ0v) is 11.2. The molecular weight excluding hydrogens is 237 g/mol. The molecule has 0 aliphatic carbocycles. The highest BCUT2D eigenvalue weighted by Gasteiger charge is 2.12. The quantitative estimate of drug-likeness (QED) is 0.852. The smallest absolute Gasteiger partial charge is 0.123 e. The summed E-state index contributed by atoms with van der Waals surface area (Å²) in [5, 5.41) is 3.49. The molecule has 19 heavy (non-hydrogen) atoms. The Morgan fingerprint density at radius 3 is 2.95 bits per heavy atom. The second-order valence-electron chi connectivity index (χ2n) is 5.30. The molecule has 2 aromatic carbocycles. The second kappa shape index (κ2) is 5.04. The number of hydrogen-bond acceptors (Lipinski definition) is 1. The first kappa shape index (κ1) is 12.2. The zero-order valence-electron chi connectivity index (χ0n) is 11.2. The van der Waals surface area contributed by atoms with Gasteiger partial charge in [-0.05, 0) is 60.6 Å². The number of hydrogen-bond donors (Lipinski definition) is 1. The molecule has 0 amide bonds. The lowest BCUT2D eigenvalue weighted by Crippen LogP contribution is -2.13. The predicted octanol–water partition coefficient (Wildman–Crippen LogP) is 4.08. The molecule has 2 heteroatoms. The van der Waals surface area contributed by atoms with Crippen molar-refractivity contribution in [3.05, 3.63) is 64.5 Å². The van der Waals surface area contributed by atoms with E-state index in [0.717, 1.165) is 30.5 Å². The Labute approximate surface area is 113 Å². The molecule has 1 aliphatic heterocycles. The van der Waals surface area contributed by atoms with Crippen LogP contribution in [0.2, 0.25) is 0 Å². The van der Waals surface area contributed by atoms with Gasteiger partial charge in [-0.2, -0.15) is 0 Å². The van der Waals surface area contributed by atoms with Crippen LogP contribution in [-0.2, 0) is 12.8 Å². The maximum Gasteiger partial charge on any atom is 0.123 e. The van der Waals surface area contributed by atoms with Crippen molar-refractivity contribution in [2.24, 2.45) is 0 Å².